The van der Waals surface area contributed by atoms with Gasteiger partial charge in [0.05, 0.1) is 0 Å². The molecule has 0 atom stereocenters. The van der Waals surface area contributed by atoms with Crippen LogP contribution in [-0.4, -0.2) is 15.1 Å². The lowest BCUT2D eigenvalue weighted by Gasteiger charge is -1.96. The summed E-state index contributed by atoms with van der Waals surface area (Å²) in [5, 5.41) is 3.74. The molecule has 2 N–H and O–H groups in total. The Morgan fingerprint density at radius 1 is 1.10 bits per heavy atom. The van der Waals surface area contributed by atoms with E-state index in [2.05, 4.69) is 15.1 Å². The summed E-state index contributed by atoms with van der Waals surface area (Å²) in [4.78, 5) is 8.26. The molecule has 0 unspecified atom stereocenters. The van der Waals surface area contributed by atoms with Crippen LogP contribution >= 0.6 is 0 Å². The van der Waals surface area contributed by atoms with E-state index >= 15 is 0 Å². The summed E-state index contributed by atoms with van der Waals surface area (Å²) in [6.07, 6.45) is 1.61. The zero-order valence-corrected chi connectivity index (χ0v) is 10.8. The van der Waals surface area contributed by atoms with Crippen molar-refractivity contribution in [3.63, 3.8) is 0 Å². The molecule has 3 aromatic rings. The maximum Gasteiger partial charge on any atom is 0.276 e. The summed E-state index contributed by atoms with van der Waals surface area (Å²) >= 11 is 0. The first-order valence-corrected chi connectivity index (χ1v) is 6.12. The Kier molecular flexibility index (Phi) is 3.41. The summed E-state index contributed by atoms with van der Waals surface area (Å²) in [5.74, 6) is -1.54. The summed E-state index contributed by atoms with van der Waals surface area (Å²) in [6, 6.07) is 6.89. The molecule has 0 fully saturated rings. The molecule has 3 rings (SSSR count). The number of nitrogens with two attached hydrogens (primary N) is 1. The lowest BCUT2D eigenvalue weighted by molar-refractivity contribution is 0.431. The van der Waals surface area contributed by atoms with Crippen LogP contribution in [0, 0.1) is 11.6 Å². The van der Waals surface area contributed by atoms with E-state index in [4.69, 9.17) is 10.3 Å². The van der Waals surface area contributed by atoms with E-state index in [0.717, 1.165) is 17.7 Å². The number of benzene rings is 1. The molecule has 1 aromatic carbocycles. The van der Waals surface area contributed by atoms with Crippen LogP contribution in [0.5, 0.6) is 0 Å². The van der Waals surface area contributed by atoms with Crippen LogP contribution < -0.4 is 5.73 Å². The molecule has 0 amide bonds. The third-order valence-corrected chi connectivity index (χ3v) is 2.88. The van der Waals surface area contributed by atoms with E-state index in [1.807, 2.05) is 0 Å². The maximum absolute atomic E-state index is 13.2. The highest BCUT2D eigenvalue weighted by Crippen LogP contribution is 2.22. The van der Waals surface area contributed by atoms with E-state index in [1.54, 1.807) is 18.3 Å². The molecular weight excluding hydrogens is 278 g/mol. The fourth-order valence-corrected chi connectivity index (χ4v) is 1.75. The van der Waals surface area contributed by atoms with Gasteiger partial charge in [-0.3, -0.25) is 4.98 Å². The van der Waals surface area contributed by atoms with Gasteiger partial charge < -0.3 is 10.3 Å². The Morgan fingerprint density at radius 3 is 2.62 bits per heavy atom. The van der Waals surface area contributed by atoms with Gasteiger partial charge in [-0.1, -0.05) is 11.2 Å². The Bertz CT molecular complexity index is 771. The summed E-state index contributed by atoms with van der Waals surface area (Å²) in [6.45, 7) is 0.386. The predicted octanol–water partition coefficient (Wildman–Crippen LogP) is 2.54. The molecule has 0 spiro atoms. The quantitative estimate of drug-likeness (QED) is 0.801. The van der Waals surface area contributed by atoms with Gasteiger partial charge in [-0.15, -0.1) is 0 Å². The third-order valence-electron chi connectivity index (χ3n) is 2.88. The summed E-state index contributed by atoms with van der Waals surface area (Å²) in [5.41, 5.74) is 7.16. The van der Waals surface area contributed by atoms with Crippen LogP contribution in [0.2, 0.25) is 0 Å². The van der Waals surface area contributed by atoms with Crippen molar-refractivity contribution in [3.8, 4) is 23.0 Å². The largest absolute Gasteiger partial charge is 0.332 e. The first-order valence-electron chi connectivity index (χ1n) is 6.12. The van der Waals surface area contributed by atoms with Crippen molar-refractivity contribution in [2.75, 3.05) is 0 Å². The Hall–Kier alpha value is -2.67. The molecule has 0 bridgehead atoms. The molecule has 0 radical (unpaired) electrons. The molecule has 7 heteroatoms. The molecule has 2 heterocycles. The second-order valence-electron chi connectivity index (χ2n) is 4.31. The molecule has 106 valence electrons. The van der Waals surface area contributed by atoms with Crippen molar-refractivity contribution in [1.82, 2.24) is 15.1 Å². The van der Waals surface area contributed by atoms with Crippen LogP contribution in [0.1, 0.15) is 5.56 Å². The first kappa shape index (κ1) is 13.3. The van der Waals surface area contributed by atoms with Gasteiger partial charge in [-0.2, -0.15) is 4.98 Å². The fourth-order valence-electron chi connectivity index (χ4n) is 1.75. The number of halogens is 2. The standard InChI is InChI=1S/C14H10F2N4O/c15-10-3-2-9(5-11(10)16)13-19-14(21-20-13)12-4-1-8(6-17)7-18-12/h1-5,7H,6,17H2. The van der Waals surface area contributed by atoms with Crippen LogP contribution in [0.4, 0.5) is 8.78 Å². The zero-order valence-electron chi connectivity index (χ0n) is 10.8. The van der Waals surface area contributed by atoms with Crippen molar-refractivity contribution < 1.29 is 13.3 Å². The van der Waals surface area contributed by atoms with Gasteiger partial charge in [0.25, 0.3) is 5.89 Å². The van der Waals surface area contributed by atoms with Crippen molar-refractivity contribution in [3.05, 3.63) is 53.7 Å². The van der Waals surface area contributed by atoms with Gasteiger partial charge in [0.15, 0.2) is 11.6 Å². The average Bonchev–Trinajstić information content (AvgIpc) is 3.00. The van der Waals surface area contributed by atoms with E-state index in [9.17, 15) is 8.78 Å². The highest BCUT2D eigenvalue weighted by molar-refractivity contribution is 5.57. The van der Waals surface area contributed by atoms with Crippen molar-refractivity contribution >= 4 is 0 Å². The minimum absolute atomic E-state index is 0.161. The van der Waals surface area contributed by atoms with Gasteiger partial charge in [0.2, 0.25) is 5.82 Å². The third kappa shape index (κ3) is 2.63. The Labute approximate surface area is 118 Å². The smallest absolute Gasteiger partial charge is 0.276 e. The molecule has 0 aliphatic carbocycles. The lowest BCUT2D eigenvalue weighted by atomic mass is 10.2. The van der Waals surface area contributed by atoms with E-state index in [0.29, 0.717) is 17.8 Å². The van der Waals surface area contributed by atoms with Gasteiger partial charge in [0, 0.05) is 18.3 Å². The molecule has 21 heavy (non-hydrogen) atoms. The maximum atomic E-state index is 13.2. The zero-order chi connectivity index (χ0) is 14.8. The number of rotatable bonds is 3. The highest BCUT2D eigenvalue weighted by Gasteiger charge is 2.13. The monoisotopic (exact) mass is 288 g/mol. The van der Waals surface area contributed by atoms with E-state index < -0.39 is 11.6 Å². The van der Waals surface area contributed by atoms with Crippen molar-refractivity contribution in [2.24, 2.45) is 5.73 Å². The Balaban J connectivity index is 1.93. The molecule has 0 saturated heterocycles. The molecular formula is C14H10F2N4O. The number of hydrogen-bond donors (Lipinski definition) is 1. The molecule has 0 aliphatic heterocycles. The van der Waals surface area contributed by atoms with Crippen molar-refractivity contribution in [1.29, 1.82) is 0 Å². The SMILES string of the molecule is NCc1ccc(-c2nc(-c3ccc(F)c(F)c3)no2)nc1. The molecule has 2 aromatic heterocycles. The van der Waals surface area contributed by atoms with Crippen LogP contribution in [0.25, 0.3) is 23.0 Å². The van der Waals surface area contributed by atoms with Crippen LogP contribution in [-0.2, 0) is 6.54 Å². The molecule has 5 nitrogen and oxygen atoms in total. The average molecular weight is 288 g/mol. The van der Waals surface area contributed by atoms with Crippen molar-refractivity contribution in [2.45, 2.75) is 6.54 Å². The molecule has 0 saturated carbocycles. The number of hydrogen-bond acceptors (Lipinski definition) is 5. The van der Waals surface area contributed by atoms with Crippen LogP contribution in [0.3, 0.4) is 0 Å². The second kappa shape index (κ2) is 5.37. The first-order chi connectivity index (χ1) is 10.2. The normalized spacial score (nSPS) is 10.8. The summed E-state index contributed by atoms with van der Waals surface area (Å²) < 4.78 is 31.2. The second-order valence-corrected chi connectivity index (χ2v) is 4.31. The van der Waals surface area contributed by atoms with Gasteiger partial charge in [-0.05, 0) is 29.8 Å². The number of nitrogens with zero attached hydrogens (tertiary/aromatic N) is 3. The fraction of sp³-hybridized carbons (Fsp3) is 0.0714. The minimum atomic E-state index is -0.968. The topological polar surface area (TPSA) is 77.8 Å². The van der Waals surface area contributed by atoms with Crippen LogP contribution in [0.15, 0.2) is 41.1 Å². The molecule has 0 aliphatic rings. The highest BCUT2D eigenvalue weighted by atomic mass is 19.2. The van der Waals surface area contributed by atoms with Gasteiger partial charge in [-0.25, -0.2) is 8.78 Å². The number of pyridine rings is 1. The van der Waals surface area contributed by atoms with E-state index in [-0.39, 0.29) is 11.7 Å². The lowest BCUT2D eigenvalue weighted by Crippen LogP contribution is -1.96. The predicted molar refractivity (Wildman–Crippen MR) is 70.8 cm³/mol. The summed E-state index contributed by atoms with van der Waals surface area (Å²) in [7, 11) is 0. The van der Waals surface area contributed by atoms with Gasteiger partial charge >= 0.3 is 0 Å². The number of aromatic nitrogens is 3. The Morgan fingerprint density at radius 2 is 1.95 bits per heavy atom. The van der Waals surface area contributed by atoms with Gasteiger partial charge in [0.1, 0.15) is 5.69 Å². The van der Waals surface area contributed by atoms with E-state index in [1.165, 1.54) is 6.07 Å². The minimum Gasteiger partial charge on any atom is -0.332 e.